The summed E-state index contributed by atoms with van der Waals surface area (Å²) in [6, 6.07) is 3.27. The molecular formula is C15H21F2N. The molecule has 1 aliphatic carbocycles. The largest absolute Gasteiger partial charge is 0.321 e. The Balaban J connectivity index is 2.50. The lowest BCUT2D eigenvalue weighted by atomic mass is 9.65. The van der Waals surface area contributed by atoms with E-state index < -0.39 is 17.2 Å². The van der Waals surface area contributed by atoms with E-state index in [1.807, 2.05) is 6.92 Å². The van der Waals surface area contributed by atoms with Gasteiger partial charge in [-0.05, 0) is 30.7 Å². The number of hydrogen-bond acceptors (Lipinski definition) is 1. The van der Waals surface area contributed by atoms with Crippen LogP contribution in [0.15, 0.2) is 12.1 Å². The zero-order chi connectivity index (χ0) is 13.5. The molecule has 2 N–H and O–H groups in total. The van der Waals surface area contributed by atoms with Gasteiger partial charge in [-0.3, -0.25) is 0 Å². The van der Waals surface area contributed by atoms with Gasteiger partial charge < -0.3 is 5.73 Å². The standard InChI is InChI=1S/C15H21F2N/c1-9-5-4-8-15(18,11(9)3)12-7-6-10(2)13(16)14(12)17/h6-7,9,11H,4-5,8,18H2,1-3H3. The molecule has 1 nitrogen and oxygen atoms in total. The lowest BCUT2D eigenvalue weighted by molar-refractivity contribution is 0.139. The molecule has 1 aromatic carbocycles. The summed E-state index contributed by atoms with van der Waals surface area (Å²) in [6.07, 6.45) is 2.80. The minimum Gasteiger partial charge on any atom is -0.321 e. The molecule has 0 spiro atoms. The highest BCUT2D eigenvalue weighted by molar-refractivity contribution is 5.32. The highest BCUT2D eigenvalue weighted by Crippen LogP contribution is 2.43. The fourth-order valence-electron chi connectivity index (χ4n) is 3.09. The lowest BCUT2D eigenvalue weighted by Gasteiger charge is -2.43. The first-order valence-corrected chi connectivity index (χ1v) is 6.62. The van der Waals surface area contributed by atoms with E-state index in [1.165, 1.54) is 0 Å². The molecule has 100 valence electrons. The summed E-state index contributed by atoms with van der Waals surface area (Å²) in [6.45, 7) is 5.74. The Morgan fingerprint density at radius 3 is 2.56 bits per heavy atom. The molecule has 3 unspecified atom stereocenters. The van der Waals surface area contributed by atoms with Gasteiger partial charge in [0.15, 0.2) is 11.6 Å². The van der Waals surface area contributed by atoms with Gasteiger partial charge in [0.2, 0.25) is 0 Å². The van der Waals surface area contributed by atoms with Crippen molar-refractivity contribution in [3.63, 3.8) is 0 Å². The molecule has 0 bridgehead atoms. The predicted octanol–water partition coefficient (Wildman–Crippen LogP) is 3.88. The van der Waals surface area contributed by atoms with E-state index in [4.69, 9.17) is 5.73 Å². The van der Waals surface area contributed by atoms with Crippen LogP contribution in [-0.2, 0) is 5.54 Å². The van der Waals surface area contributed by atoms with Crippen LogP contribution in [-0.4, -0.2) is 0 Å². The quantitative estimate of drug-likeness (QED) is 0.807. The third-order valence-corrected chi connectivity index (χ3v) is 4.69. The Hall–Kier alpha value is -0.960. The van der Waals surface area contributed by atoms with E-state index in [9.17, 15) is 8.78 Å². The minimum atomic E-state index is -0.765. The third-order valence-electron chi connectivity index (χ3n) is 4.69. The van der Waals surface area contributed by atoms with E-state index in [0.717, 1.165) is 19.3 Å². The summed E-state index contributed by atoms with van der Waals surface area (Å²) in [5.41, 5.74) is 6.36. The summed E-state index contributed by atoms with van der Waals surface area (Å²) in [5, 5.41) is 0. The van der Waals surface area contributed by atoms with Crippen LogP contribution in [0.4, 0.5) is 8.78 Å². The van der Waals surface area contributed by atoms with Crippen molar-refractivity contribution in [3.05, 3.63) is 34.9 Å². The summed E-state index contributed by atoms with van der Waals surface area (Å²) < 4.78 is 27.8. The molecule has 2 rings (SSSR count). The van der Waals surface area contributed by atoms with Crippen LogP contribution in [0, 0.1) is 30.4 Å². The normalized spacial score (nSPS) is 32.6. The molecule has 1 aromatic rings. The minimum absolute atomic E-state index is 0.155. The summed E-state index contributed by atoms with van der Waals surface area (Å²) in [7, 11) is 0. The third kappa shape index (κ3) is 1.95. The van der Waals surface area contributed by atoms with Gasteiger partial charge in [-0.25, -0.2) is 8.78 Å². The average Bonchev–Trinajstić information content (AvgIpc) is 2.33. The second-order valence-corrected chi connectivity index (χ2v) is 5.76. The van der Waals surface area contributed by atoms with Gasteiger partial charge in [-0.2, -0.15) is 0 Å². The first-order valence-electron chi connectivity index (χ1n) is 6.62. The molecule has 1 saturated carbocycles. The monoisotopic (exact) mass is 253 g/mol. The number of benzene rings is 1. The Kier molecular flexibility index (Phi) is 3.45. The van der Waals surface area contributed by atoms with E-state index >= 15 is 0 Å². The Morgan fingerprint density at radius 1 is 1.22 bits per heavy atom. The van der Waals surface area contributed by atoms with Gasteiger partial charge in [-0.1, -0.05) is 38.8 Å². The van der Waals surface area contributed by atoms with Gasteiger partial charge in [0, 0.05) is 11.1 Å². The summed E-state index contributed by atoms with van der Waals surface area (Å²) >= 11 is 0. The first-order chi connectivity index (χ1) is 8.38. The Labute approximate surface area is 107 Å². The number of hydrogen-bond donors (Lipinski definition) is 1. The van der Waals surface area contributed by atoms with Crippen molar-refractivity contribution in [1.29, 1.82) is 0 Å². The number of halogens is 2. The topological polar surface area (TPSA) is 26.0 Å². The van der Waals surface area contributed by atoms with Crippen molar-refractivity contribution in [2.45, 2.75) is 45.6 Å². The SMILES string of the molecule is Cc1ccc(C2(N)CCCC(C)C2C)c(F)c1F. The maximum atomic E-state index is 14.1. The Morgan fingerprint density at radius 2 is 1.89 bits per heavy atom. The first kappa shape index (κ1) is 13.5. The molecule has 1 fully saturated rings. The fraction of sp³-hybridized carbons (Fsp3) is 0.600. The molecule has 0 heterocycles. The number of aryl methyl sites for hydroxylation is 1. The van der Waals surface area contributed by atoms with Gasteiger partial charge in [0.1, 0.15) is 0 Å². The van der Waals surface area contributed by atoms with Crippen LogP contribution in [0.3, 0.4) is 0 Å². The van der Waals surface area contributed by atoms with Crippen LogP contribution in [0.25, 0.3) is 0 Å². The van der Waals surface area contributed by atoms with Crippen LogP contribution in [0.2, 0.25) is 0 Å². The number of rotatable bonds is 1. The highest BCUT2D eigenvalue weighted by atomic mass is 19.2. The molecule has 18 heavy (non-hydrogen) atoms. The molecule has 0 saturated heterocycles. The maximum Gasteiger partial charge on any atom is 0.164 e. The van der Waals surface area contributed by atoms with E-state index in [1.54, 1.807) is 19.1 Å². The van der Waals surface area contributed by atoms with Gasteiger partial charge in [-0.15, -0.1) is 0 Å². The summed E-state index contributed by atoms with van der Waals surface area (Å²) in [4.78, 5) is 0. The average molecular weight is 253 g/mol. The molecule has 0 amide bonds. The van der Waals surface area contributed by atoms with Crippen LogP contribution in [0.5, 0.6) is 0 Å². The molecule has 3 atom stereocenters. The van der Waals surface area contributed by atoms with Gasteiger partial charge in [0.05, 0.1) is 0 Å². The maximum absolute atomic E-state index is 14.1. The van der Waals surface area contributed by atoms with E-state index in [-0.39, 0.29) is 5.92 Å². The van der Waals surface area contributed by atoms with Crippen LogP contribution < -0.4 is 5.73 Å². The van der Waals surface area contributed by atoms with Crippen LogP contribution in [0.1, 0.15) is 44.2 Å². The zero-order valence-electron chi connectivity index (χ0n) is 11.3. The van der Waals surface area contributed by atoms with Crippen molar-refractivity contribution < 1.29 is 8.78 Å². The van der Waals surface area contributed by atoms with Crippen molar-refractivity contribution >= 4 is 0 Å². The molecule has 0 aliphatic heterocycles. The van der Waals surface area contributed by atoms with Crippen molar-refractivity contribution in [1.82, 2.24) is 0 Å². The lowest BCUT2D eigenvalue weighted by Crippen LogP contribution is -2.48. The smallest absolute Gasteiger partial charge is 0.164 e. The van der Waals surface area contributed by atoms with Crippen molar-refractivity contribution in [3.8, 4) is 0 Å². The fourth-order valence-corrected chi connectivity index (χ4v) is 3.09. The molecule has 3 heteroatoms. The van der Waals surface area contributed by atoms with Gasteiger partial charge >= 0.3 is 0 Å². The molecule has 0 radical (unpaired) electrons. The van der Waals surface area contributed by atoms with Crippen LogP contribution >= 0.6 is 0 Å². The van der Waals surface area contributed by atoms with Gasteiger partial charge in [0.25, 0.3) is 0 Å². The second-order valence-electron chi connectivity index (χ2n) is 5.76. The Bertz CT molecular complexity index is 458. The molecule has 1 aliphatic rings. The zero-order valence-corrected chi connectivity index (χ0v) is 11.3. The molecule has 0 aromatic heterocycles. The van der Waals surface area contributed by atoms with E-state index in [2.05, 4.69) is 6.92 Å². The number of nitrogens with two attached hydrogens (primary N) is 1. The predicted molar refractivity (Wildman–Crippen MR) is 69.1 cm³/mol. The molecular weight excluding hydrogens is 232 g/mol. The highest BCUT2D eigenvalue weighted by Gasteiger charge is 2.41. The second kappa shape index (κ2) is 4.61. The van der Waals surface area contributed by atoms with Crippen molar-refractivity contribution in [2.75, 3.05) is 0 Å². The van der Waals surface area contributed by atoms with E-state index in [0.29, 0.717) is 17.0 Å². The summed E-state index contributed by atoms with van der Waals surface area (Å²) in [5.74, 6) is -0.934. The van der Waals surface area contributed by atoms with Crippen molar-refractivity contribution in [2.24, 2.45) is 17.6 Å².